The molecule has 0 radical (unpaired) electrons. The molecule has 0 saturated carbocycles. The maximum atomic E-state index is 9.64. The van der Waals surface area contributed by atoms with Gasteiger partial charge in [0.15, 0.2) is 11.8 Å². The van der Waals surface area contributed by atoms with Gasteiger partial charge in [-0.2, -0.15) is 0 Å². The highest BCUT2D eigenvalue weighted by Crippen LogP contribution is 2.23. The van der Waals surface area contributed by atoms with E-state index in [1.165, 1.54) is 16.7 Å². The van der Waals surface area contributed by atoms with E-state index in [0.717, 1.165) is 16.7 Å². The summed E-state index contributed by atoms with van der Waals surface area (Å²) < 4.78 is 1.47. The zero-order chi connectivity index (χ0) is 17.1. The summed E-state index contributed by atoms with van der Waals surface area (Å²) in [6.07, 6.45) is 0.708. The molecule has 5 heteroatoms. The Morgan fingerprint density at radius 3 is 1.83 bits per heavy atom. The third-order valence-corrected chi connectivity index (χ3v) is 4.04. The average molecular weight is 321 g/mol. The number of nitrogens with two attached hydrogens (primary N) is 1. The van der Waals surface area contributed by atoms with Crippen LogP contribution in [0.5, 0.6) is 11.8 Å². The summed E-state index contributed by atoms with van der Waals surface area (Å²) in [6.45, 7) is 0.511. The summed E-state index contributed by atoms with van der Waals surface area (Å²) >= 11 is 0. The van der Waals surface area contributed by atoms with Gasteiger partial charge in [-0.05, 0) is 23.1 Å². The van der Waals surface area contributed by atoms with Gasteiger partial charge in [-0.1, -0.05) is 48.5 Å². The maximum absolute atomic E-state index is 9.64. The smallest absolute Gasteiger partial charge is 0.193 e. The number of amidine groups is 1. The Labute approximate surface area is 140 Å². The fraction of sp³-hybridized carbons (Fsp3) is 0.105. The normalized spacial score (nSPS) is 10.7. The Morgan fingerprint density at radius 2 is 1.33 bits per heavy atom. The molecule has 0 unspecified atom stereocenters. The molecule has 2 aromatic carbocycles. The molecule has 122 valence electrons. The number of nitrogens with zero attached hydrogens (tertiary/aromatic N) is 1. The molecule has 0 aliphatic carbocycles. The zero-order valence-electron chi connectivity index (χ0n) is 13.1. The number of aromatic nitrogens is 1. The number of aromatic hydroxyl groups is 2. The van der Waals surface area contributed by atoms with Crippen molar-refractivity contribution in [2.24, 2.45) is 5.73 Å². The van der Waals surface area contributed by atoms with Crippen molar-refractivity contribution in [2.45, 2.75) is 13.0 Å². The number of rotatable bonds is 5. The minimum absolute atomic E-state index is 0.0633. The molecule has 1 aromatic heterocycles. The van der Waals surface area contributed by atoms with Crippen molar-refractivity contribution in [3.8, 4) is 22.9 Å². The van der Waals surface area contributed by atoms with Gasteiger partial charge in [0.1, 0.15) is 5.84 Å². The molecule has 24 heavy (non-hydrogen) atoms. The van der Waals surface area contributed by atoms with Crippen LogP contribution in [0, 0.1) is 5.41 Å². The summed E-state index contributed by atoms with van der Waals surface area (Å²) in [5.41, 5.74) is 9.44. The van der Waals surface area contributed by atoms with Crippen LogP contribution in [0.2, 0.25) is 0 Å². The molecule has 0 saturated heterocycles. The lowest BCUT2D eigenvalue weighted by atomic mass is 10.0. The van der Waals surface area contributed by atoms with E-state index in [4.69, 9.17) is 11.1 Å². The van der Waals surface area contributed by atoms with Gasteiger partial charge in [0.25, 0.3) is 0 Å². The second kappa shape index (κ2) is 6.50. The van der Waals surface area contributed by atoms with Crippen molar-refractivity contribution in [3.05, 3.63) is 71.8 Å². The van der Waals surface area contributed by atoms with Gasteiger partial charge in [-0.25, -0.2) is 0 Å². The summed E-state index contributed by atoms with van der Waals surface area (Å²) in [4.78, 5) is 0. The maximum Gasteiger partial charge on any atom is 0.193 e. The van der Waals surface area contributed by atoms with Gasteiger partial charge in [-0.15, -0.1) is 0 Å². The van der Waals surface area contributed by atoms with Gasteiger partial charge in [0, 0.05) is 24.2 Å². The lowest BCUT2D eigenvalue weighted by Crippen LogP contribution is -2.10. The first-order valence-corrected chi connectivity index (χ1v) is 7.66. The SMILES string of the molecule is N=C(N)c1ccc(-c2ccc(CCn3c(O)ccc3O)cc2)cc1. The molecule has 3 aromatic rings. The topological polar surface area (TPSA) is 95.3 Å². The number of nitrogen functional groups attached to an aromatic ring is 1. The second-order valence-electron chi connectivity index (χ2n) is 5.64. The summed E-state index contributed by atoms with van der Waals surface area (Å²) in [7, 11) is 0. The fourth-order valence-corrected chi connectivity index (χ4v) is 2.62. The van der Waals surface area contributed by atoms with E-state index in [1.807, 2.05) is 48.5 Å². The standard InChI is InChI=1S/C19H19N3O2/c20-19(21)16-7-5-15(6-8-16)14-3-1-13(2-4-14)11-12-22-17(23)9-10-18(22)24/h1-10,23-24H,11-12H2,(H3,20,21). The lowest BCUT2D eigenvalue weighted by Gasteiger charge is -2.08. The monoisotopic (exact) mass is 321 g/mol. The molecule has 3 rings (SSSR count). The van der Waals surface area contributed by atoms with E-state index in [0.29, 0.717) is 18.5 Å². The summed E-state index contributed by atoms with van der Waals surface area (Å²) in [5, 5.41) is 26.7. The number of nitrogens with one attached hydrogen (secondary N) is 1. The van der Waals surface area contributed by atoms with Crippen LogP contribution < -0.4 is 5.73 Å². The van der Waals surface area contributed by atoms with Gasteiger partial charge in [0.2, 0.25) is 0 Å². The predicted molar refractivity (Wildman–Crippen MR) is 94.4 cm³/mol. The fourth-order valence-electron chi connectivity index (χ4n) is 2.62. The van der Waals surface area contributed by atoms with Gasteiger partial charge in [0.05, 0.1) is 0 Å². The van der Waals surface area contributed by atoms with Crippen molar-refractivity contribution in [1.82, 2.24) is 4.57 Å². The zero-order valence-corrected chi connectivity index (χ0v) is 13.1. The molecule has 0 bridgehead atoms. The van der Waals surface area contributed by atoms with Gasteiger partial charge < -0.3 is 15.9 Å². The quantitative estimate of drug-likeness (QED) is 0.429. The Kier molecular flexibility index (Phi) is 4.24. The Bertz CT molecular complexity index is 830. The average Bonchev–Trinajstić information content (AvgIpc) is 2.92. The molecule has 1 heterocycles. The number of aryl methyl sites for hydroxylation is 1. The Hall–Kier alpha value is -3.21. The molecule has 0 fully saturated rings. The highest BCUT2D eigenvalue weighted by molar-refractivity contribution is 5.95. The van der Waals surface area contributed by atoms with Crippen LogP contribution in [-0.2, 0) is 13.0 Å². The highest BCUT2D eigenvalue weighted by atomic mass is 16.3. The van der Waals surface area contributed by atoms with Crippen molar-refractivity contribution >= 4 is 5.84 Å². The molecular weight excluding hydrogens is 302 g/mol. The first-order chi connectivity index (χ1) is 11.5. The van der Waals surface area contributed by atoms with Crippen LogP contribution in [0.4, 0.5) is 0 Å². The van der Waals surface area contributed by atoms with E-state index in [2.05, 4.69) is 0 Å². The van der Waals surface area contributed by atoms with Crippen LogP contribution in [-0.4, -0.2) is 20.6 Å². The third kappa shape index (κ3) is 3.25. The molecular formula is C19H19N3O2. The number of benzene rings is 2. The van der Waals surface area contributed by atoms with Crippen molar-refractivity contribution < 1.29 is 10.2 Å². The van der Waals surface area contributed by atoms with Crippen LogP contribution in [0.1, 0.15) is 11.1 Å². The van der Waals surface area contributed by atoms with E-state index < -0.39 is 0 Å². The Balaban J connectivity index is 1.70. The molecule has 0 spiro atoms. The molecule has 5 nitrogen and oxygen atoms in total. The van der Waals surface area contributed by atoms with Crippen LogP contribution >= 0.6 is 0 Å². The van der Waals surface area contributed by atoms with Gasteiger partial charge in [-0.3, -0.25) is 9.98 Å². The Morgan fingerprint density at radius 1 is 0.833 bits per heavy atom. The minimum Gasteiger partial charge on any atom is -0.494 e. The molecule has 0 aliphatic rings. The van der Waals surface area contributed by atoms with E-state index >= 15 is 0 Å². The summed E-state index contributed by atoms with van der Waals surface area (Å²) in [6, 6.07) is 18.7. The lowest BCUT2D eigenvalue weighted by molar-refractivity contribution is 0.368. The first-order valence-electron chi connectivity index (χ1n) is 7.66. The van der Waals surface area contributed by atoms with Crippen molar-refractivity contribution in [2.75, 3.05) is 0 Å². The van der Waals surface area contributed by atoms with Crippen LogP contribution in [0.25, 0.3) is 11.1 Å². The second-order valence-corrected chi connectivity index (χ2v) is 5.64. The van der Waals surface area contributed by atoms with E-state index in [1.54, 1.807) is 0 Å². The minimum atomic E-state index is 0.0633. The van der Waals surface area contributed by atoms with E-state index in [9.17, 15) is 10.2 Å². The van der Waals surface area contributed by atoms with Gasteiger partial charge >= 0.3 is 0 Å². The molecule has 0 atom stereocenters. The molecule has 0 amide bonds. The summed E-state index contributed by atoms with van der Waals surface area (Å²) in [5.74, 6) is 0.192. The molecule has 5 N–H and O–H groups in total. The predicted octanol–water partition coefficient (Wildman–Crippen LogP) is 3.09. The third-order valence-electron chi connectivity index (χ3n) is 4.04. The van der Waals surface area contributed by atoms with Crippen molar-refractivity contribution in [3.63, 3.8) is 0 Å². The number of hydrogen-bond acceptors (Lipinski definition) is 3. The van der Waals surface area contributed by atoms with Crippen molar-refractivity contribution in [1.29, 1.82) is 5.41 Å². The largest absolute Gasteiger partial charge is 0.494 e. The molecule has 0 aliphatic heterocycles. The first kappa shape index (κ1) is 15.7. The van der Waals surface area contributed by atoms with E-state index in [-0.39, 0.29) is 17.6 Å². The van der Waals surface area contributed by atoms with Crippen LogP contribution in [0.15, 0.2) is 60.7 Å². The number of hydrogen-bond donors (Lipinski definition) is 4. The highest BCUT2D eigenvalue weighted by Gasteiger charge is 2.06. The van der Waals surface area contributed by atoms with Crippen LogP contribution in [0.3, 0.4) is 0 Å².